The van der Waals surface area contributed by atoms with Gasteiger partial charge in [-0.1, -0.05) is 0 Å². The first kappa shape index (κ1) is 11.6. The van der Waals surface area contributed by atoms with Crippen molar-refractivity contribution < 1.29 is 14.1 Å². The van der Waals surface area contributed by atoms with Gasteiger partial charge in [-0.05, 0) is 12.5 Å². The van der Waals surface area contributed by atoms with E-state index in [1.807, 2.05) is 0 Å². The summed E-state index contributed by atoms with van der Waals surface area (Å²) in [6, 6.07) is 3.74. The first-order chi connectivity index (χ1) is 9.06. The van der Waals surface area contributed by atoms with E-state index in [1.165, 1.54) is 22.8 Å². The lowest BCUT2D eigenvalue weighted by molar-refractivity contribution is -0.384. The number of nitro groups is 1. The van der Waals surface area contributed by atoms with E-state index in [9.17, 15) is 19.7 Å². The number of fused-ring (bicyclic) bond motifs is 1. The predicted molar refractivity (Wildman–Crippen MR) is 65.0 cm³/mol. The van der Waals surface area contributed by atoms with Crippen molar-refractivity contribution in [2.75, 3.05) is 0 Å². The van der Waals surface area contributed by atoms with Crippen LogP contribution in [0.25, 0.3) is 11.1 Å². The number of nitro benzene ring substituents is 1. The van der Waals surface area contributed by atoms with Crippen molar-refractivity contribution in [3.63, 3.8) is 0 Å². The number of nitrogens with zero attached hydrogens (tertiary/aromatic N) is 2. The van der Waals surface area contributed by atoms with Gasteiger partial charge in [0.25, 0.3) is 5.69 Å². The molecule has 0 bridgehead atoms. The Morgan fingerprint density at radius 1 is 1.37 bits per heavy atom. The van der Waals surface area contributed by atoms with Crippen molar-refractivity contribution in [1.82, 2.24) is 4.57 Å². The van der Waals surface area contributed by atoms with Crippen LogP contribution in [0.5, 0.6) is 0 Å². The van der Waals surface area contributed by atoms with Crippen molar-refractivity contribution in [3.05, 3.63) is 38.9 Å². The Kier molecular flexibility index (Phi) is 2.48. The third-order valence-corrected chi connectivity index (χ3v) is 3.39. The Labute approximate surface area is 106 Å². The van der Waals surface area contributed by atoms with E-state index in [-0.39, 0.29) is 23.9 Å². The van der Waals surface area contributed by atoms with Crippen molar-refractivity contribution in [2.45, 2.75) is 25.3 Å². The number of benzene rings is 1. The van der Waals surface area contributed by atoms with Crippen molar-refractivity contribution in [1.29, 1.82) is 0 Å². The van der Waals surface area contributed by atoms with Crippen LogP contribution in [0.2, 0.25) is 0 Å². The summed E-state index contributed by atoms with van der Waals surface area (Å²) in [6.07, 6.45) is 1.27. The molecule has 1 heterocycles. The number of hydrogen-bond donors (Lipinski definition) is 0. The number of non-ortho nitro benzene ring substituents is 1. The number of hydrogen-bond acceptors (Lipinski definition) is 5. The fraction of sp³-hybridized carbons (Fsp3) is 0.333. The highest BCUT2D eigenvalue weighted by Gasteiger charge is 2.27. The molecule has 1 fully saturated rings. The minimum Gasteiger partial charge on any atom is -0.408 e. The molecule has 1 aromatic heterocycles. The zero-order valence-electron chi connectivity index (χ0n) is 9.87. The third-order valence-electron chi connectivity index (χ3n) is 3.39. The average Bonchev–Trinajstić information content (AvgIpc) is 2.90. The minimum absolute atomic E-state index is 0.0941. The third kappa shape index (κ3) is 1.83. The number of rotatable bonds is 2. The SMILES string of the molecule is O=C1CCC(n2c(=O)oc3ccc([N+](=O)[O-])cc32)C1. The highest BCUT2D eigenvalue weighted by Crippen LogP contribution is 2.30. The summed E-state index contributed by atoms with van der Waals surface area (Å²) >= 11 is 0. The van der Waals surface area contributed by atoms with Gasteiger partial charge in [0, 0.05) is 31.0 Å². The maximum atomic E-state index is 11.8. The molecule has 0 amide bonds. The zero-order valence-corrected chi connectivity index (χ0v) is 9.87. The second kappa shape index (κ2) is 4.04. The molecule has 0 N–H and O–H groups in total. The lowest BCUT2D eigenvalue weighted by Gasteiger charge is -2.08. The van der Waals surface area contributed by atoms with Gasteiger partial charge in [0.2, 0.25) is 0 Å². The number of carbonyl (C=O) groups is 1. The van der Waals surface area contributed by atoms with Crippen LogP contribution >= 0.6 is 0 Å². The van der Waals surface area contributed by atoms with Gasteiger partial charge < -0.3 is 4.42 Å². The van der Waals surface area contributed by atoms with Crippen LogP contribution in [0.1, 0.15) is 25.3 Å². The van der Waals surface area contributed by atoms with E-state index in [4.69, 9.17) is 4.42 Å². The normalized spacial score (nSPS) is 19.2. The summed E-state index contributed by atoms with van der Waals surface area (Å²) in [7, 11) is 0. The molecule has 19 heavy (non-hydrogen) atoms. The number of oxazole rings is 1. The molecule has 0 spiro atoms. The van der Waals surface area contributed by atoms with E-state index in [0.717, 1.165) is 0 Å². The molecule has 1 aliphatic carbocycles. The van der Waals surface area contributed by atoms with Gasteiger partial charge in [-0.3, -0.25) is 19.5 Å². The quantitative estimate of drug-likeness (QED) is 0.607. The van der Waals surface area contributed by atoms with E-state index in [1.54, 1.807) is 0 Å². The molecule has 0 saturated heterocycles. The van der Waals surface area contributed by atoms with E-state index in [0.29, 0.717) is 23.9 Å². The molecular formula is C12H10N2O5. The lowest BCUT2D eigenvalue weighted by atomic mass is 10.2. The fourth-order valence-corrected chi connectivity index (χ4v) is 2.50. The van der Waals surface area contributed by atoms with Gasteiger partial charge in [0.15, 0.2) is 5.58 Å². The summed E-state index contributed by atoms with van der Waals surface area (Å²) in [6.45, 7) is 0. The van der Waals surface area contributed by atoms with Crippen LogP contribution in [0.15, 0.2) is 27.4 Å². The van der Waals surface area contributed by atoms with Crippen LogP contribution in [0, 0.1) is 10.1 Å². The summed E-state index contributed by atoms with van der Waals surface area (Å²) in [5.41, 5.74) is 0.570. The zero-order chi connectivity index (χ0) is 13.6. The molecular weight excluding hydrogens is 252 g/mol. The number of carbonyl (C=O) groups excluding carboxylic acids is 1. The summed E-state index contributed by atoms with van der Waals surface area (Å²) in [5, 5.41) is 10.8. The Morgan fingerprint density at radius 2 is 2.16 bits per heavy atom. The number of aromatic nitrogens is 1. The monoisotopic (exact) mass is 262 g/mol. The van der Waals surface area contributed by atoms with Gasteiger partial charge in [-0.2, -0.15) is 0 Å². The average molecular weight is 262 g/mol. The van der Waals surface area contributed by atoms with Crippen molar-refractivity contribution in [2.24, 2.45) is 0 Å². The van der Waals surface area contributed by atoms with Crippen LogP contribution < -0.4 is 5.76 Å². The molecule has 1 unspecified atom stereocenters. The Morgan fingerprint density at radius 3 is 2.79 bits per heavy atom. The van der Waals surface area contributed by atoms with Gasteiger partial charge >= 0.3 is 5.76 Å². The molecule has 7 nitrogen and oxygen atoms in total. The van der Waals surface area contributed by atoms with Crippen LogP contribution in [0.4, 0.5) is 5.69 Å². The largest absolute Gasteiger partial charge is 0.420 e. The smallest absolute Gasteiger partial charge is 0.408 e. The van der Waals surface area contributed by atoms with Gasteiger partial charge in [0.05, 0.1) is 10.4 Å². The van der Waals surface area contributed by atoms with Crippen molar-refractivity contribution in [3.8, 4) is 0 Å². The van der Waals surface area contributed by atoms with E-state index in [2.05, 4.69) is 0 Å². The molecule has 0 aliphatic heterocycles. The first-order valence-electron chi connectivity index (χ1n) is 5.87. The standard InChI is InChI=1S/C12H10N2O5/c15-9-3-1-7(5-9)13-10-6-8(14(17)18)2-4-11(10)19-12(13)16/h2,4,6-7H,1,3,5H2. The molecule has 0 radical (unpaired) electrons. The van der Waals surface area contributed by atoms with Gasteiger partial charge in [0.1, 0.15) is 5.78 Å². The maximum absolute atomic E-state index is 11.8. The summed E-state index contributed by atoms with van der Waals surface area (Å²) in [5.74, 6) is -0.480. The molecule has 1 aromatic carbocycles. The van der Waals surface area contributed by atoms with Crippen LogP contribution in [-0.2, 0) is 4.79 Å². The Bertz CT molecular complexity index is 742. The molecule has 1 saturated carbocycles. The second-order valence-corrected chi connectivity index (χ2v) is 4.58. The maximum Gasteiger partial charge on any atom is 0.420 e. The lowest BCUT2D eigenvalue weighted by Crippen LogP contribution is -2.18. The van der Waals surface area contributed by atoms with E-state index < -0.39 is 10.7 Å². The Balaban J connectivity index is 2.19. The number of ketones is 1. The fourth-order valence-electron chi connectivity index (χ4n) is 2.50. The molecule has 98 valence electrons. The topological polar surface area (TPSA) is 95.3 Å². The molecule has 2 aromatic rings. The molecule has 1 atom stereocenters. The van der Waals surface area contributed by atoms with Crippen LogP contribution in [0.3, 0.4) is 0 Å². The van der Waals surface area contributed by atoms with Crippen LogP contribution in [-0.4, -0.2) is 15.3 Å². The highest BCUT2D eigenvalue weighted by molar-refractivity contribution is 5.82. The van der Waals surface area contributed by atoms with Gasteiger partial charge in [-0.15, -0.1) is 0 Å². The molecule has 3 rings (SSSR count). The highest BCUT2D eigenvalue weighted by atomic mass is 16.6. The van der Waals surface area contributed by atoms with Crippen molar-refractivity contribution >= 4 is 22.6 Å². The van der Waals surface area contributed by atoms with Gasteiger partial charge in [-0.25, -0.2) is 4.79 Å². The van der Waals surface area contributed by atoms with E-state index >= 15 is 0 Å². The minimum atomic E-state index is -0.574. The Hall–Kier alpha value is -2.44. The first-order valence-corrected chi connectivity index (χ1v) is 5.87. The molecule has 1 aliphatic rings. The predicted octanol–water partition coefficient (Wildman–Crippen LogP) is 1.80. The molecule has 7 heteroatoms. The summed E-state index contributed by atoms with van der Waals surface area (Å²) < 4.78 is 6.41. The summed E-state index contributed by atoms with van der Waals surface area (Å²) in [4.78, 5) is 33.4. The second-order valence-electron chi connectivity index (χ2n) is 4.58. The number of Topliss-reactive ketones (excluding diaryl/α,β-unsaturated/α-hetero) is 1.